The zero-order valence-corrected chi connectivity index (χ0v) is 7.33. The summed E-state index contributed by atoms with van der Waals surface area (Å²) in [6.07, 6.45) is 0. The quantitative estimate of drug-likeness (QED) is 0.716. The van der Waals surface area contributed by atoms with Crippen molar-refractivity contribution in [3.63, 3.8) is 0 Å². The van der Waals surface area contributed by atoms with E-state index in [1.807, 2.05) is 31.3 Å². The Balaban J connectivity index is 2.86. The second-order valence-corrected chi connectivity index (χ2v) is 2.74. The third-order valence-corrected chi connectivity index (χ3v) is 1.97. The summed E-state index contributed by atoms with van der Waals surface area (Å²) >= 11 is 0. The SMILES string of the molecule is CN[C@@H](C)c1ccc(C#N)cc1. The predicted octanol–water partition coefficient (Wildman–Crippen LogP) is 1.84. The molecule has 0 fully saturated rings. The highest BCUT2D eigenvalue weighted by molar-refractivity contribution is 5.32. The zero-order chi connectivity index (χ0) is 8.97. The summed E-state index contributed by atoms with van der Waals surface area (Å²) in [5.41, 5.74) is 1.92. The molecule has 1 atom stereocenters. The topological polar surface area (TPSA) is 35.8 Å². The van der Waals surface area contributed by atoms with Crippen molar-refractivity contribution in [3.8, 4) is 6.07 Å². The minimum atomic E-state index is 0.345. The van der Waals surface area contributed by atoms with E-state index in [1.165, 1.54) is 5.56 Å². The summed E-state index contributed by atoms with van der Waals surface area (Å²) in [6, 6.07) is 10.1. The van der Waals surface area contributed by atoms with Crippen LogP contribution in [0.3, 0.4) is 0 Å². The number of hydrogen-bond donors (Lipinski definition) is 1. The van der Waals surface area contributed by atoms with E-state index >= 15 is 0 Å². The summed E-state index contributed by atoms with van der Waals surface area (Å²) in [7, 11) is 1.92. The van der Waals surface area contributed by atoms with Crippen LogP contribution < -0.4 is 5.32 Å². The summed E-state index contributed by atoms with van der Waals surface area (Å²) in [5, 5.41) is 11.7. The van der Waals surface area contributed by atoms with E-state index in [-0.39, 0.29) is 0 Å². The van der Waals surface area contributed by atoms with E-state index in [0.29, 0.717) is 11.6 Å². The smallest absolute Gasteiger partial charge is 0.0991 e. The summed E-state index contributed by atoms with van der Waals surface area (Å²) in [4.78, 5) is 0. The van der Waals surface area contributed by atoms with Gasteiger partial charge >= 0.3 is 0 Å². The van der Waals surface area contributed by atoms with Crippen LogP contribution in [-0.4, -0.2) is 7.05 Å². The van der Waals surface area contributed by atoms with Crippen molar-refractivity contribution in [1.29, 1.82) is 5.26 Å². The van der Waals surface area contributed by atoms with Gasteiger partial charge in [0.2, 0.25) is 0 Å². The Labute approximate surface area is 72.8 Å². The molecule has 1 aromatic rings. The molecule has 0 heterocycles. The monoisotopic (exact) mass is 160 g/mol. The second kappa shape index (κ2) is 3.89. The van der Waals surface area contributed by atoms with Crippen molar-refractivity contribution < 1.29 is 0 Å². The first-order valence-corrected chi connectivity index (χ1v) is 3.95. The van der Waals surface area contributed by atoms with Crippen molar-refractivity contribution in [2.24, 2.45) is 0 Å². The van der Waals surface area contributed by atoms with Gasteiger partial charge in [-0.15, -0.1) is 0 Å². The van der Waals surface area contributed by atoms with Crippen molar-refractivity contribution >= 4 is 0 Å². The standard InChI is InChI=1S/C10H12N2/c1-8(12-2)10-5-3-9(7-11)4-6-10/h3-6,8,12H,1-2H3/t8-/m0/s1. The molecule has 0 aliphatic heterocycles. The normalized spacial score (nSPS) is 12.1. The highest BCUT2D eigenvalue weighted by Gasteiger charge is 2.00. The lowest BCUT2D eigenvalue weighted by Crippen LogP contribution is -2.11. The highest BCUT2D eigenvalue weighted by Crippen LogP contribution is 2.11. The number of rotatable bonds is 2. The van der Waals surface area contributed by atoms with Crippen molar-refractivity contribution in [2.45, 2.75) is 13.0 Å². The fourth-order valence-corrected chi connectivity index (χ4v) is 1.01. The van der Waals surface area contributed by atoms with Crippen LogP contribution in [0.1, 0.15) is 24.1 Å². The Hall–Kier alpha value is -1.33. The first kappa shape index (κ1) is 8.76. The lowest BCUT2D eigenvalue weighted by Gasteiger charge is -2.09. The second-order valence-electron chi connectivity index (χ2n) is 2.74. The maximum atomic E-state index is 8.56. The van der Waals surface area contributed by atoms with E-state index in [1.54, 1.807) is 0 Å². The Morgan fingerprint density at radius 1 is 1.33 bits per heavy atom. The van der Waals surface area contributed by atoms with Gasteiger partial charge in [0.1, 0.15) is 0 Å². The van der Waals surface area contributed by atoms with Crippen LogP contribution in [0, 0.1) is 11.3 Å². The summed E-state index contributed by atoms with van der Waals surface area (Å²) < 4.78 is 0. The van der Waals surface area contributed by atoms with Gasteiger partial charge in [0.05, 0.1) is 11.6 Å². The molecule has 0 saturated carbocycles. The lowest BCUT2D eigenvalue weighted by atomic mass is 10.1. The number of nitriles is 1. The van der Waals surface area contributed by atoms with Gasteiger partial charge < -0.3 is 5.32 Å². The predicted molar refractivity (Wildman–Crippen MR) is 48.6 cm³/mol. The number of nitrogens with one attached hydrogen (secondary N) is 1. The number of nitrogens with zero attached hydrogens (tertiary/aromatic N) is 1. The highest BCUT2D eigenvalue weighted by atomic mass is 14.8. The molecule has 0 bridgehead atoms. The van der Waals surface area contributed by atoms with Crippen LogP contribution in [0.25, 0.3) is 0 Å². The number of hydrogen-bond acceptors (Lipinski definition) is 2. The Morgan fingerprint density at radius 2 is 1.92 bits per heavy atom. The molecular weight excluding hydrogens is 148 g/mol. The van der Waals surface area contributed by atoms with Gasteiger partial charge in [-0.05, 0) is 31.7 Å². The van der Waals surface area contributed by atoms with Crippen LogP contribution in [0.5, 0.6) is 0 Å². The molecule has 0 spiro atoms. The molecule has 2 nitrogen and oxygen atoms in total. The molecule has 0 unspecified atom stereocenters. The maximum Gasteiger partial charge on any atom is 0.0991 e. The molecular formula is C10H12N2. The summed E-state index contributed by atoms with van der Waals surface area (Å²) in [6.45, 7) is 2.08. The van der Waals surface area contributed by atoms with Crippen molar-refractivity contribution in [2.75, 3.05) is 7.05 Å². The molecule has 0 aliphatic carbocycles. The van der Waals surface area contributed by atoms with Crippen LogP contribution in [0.15, 0.2) is 24.3 Å². The van der Waals surface area contributed by atoms with Gasteiger partial charge in [-0.25, -0.2) is 0 Å². The van der Waals surface area contributed by atoms with Crippen molar-refractivity contribution in [1.82, 2.24) is 5.32 Å². The van der Waals surface area contributed by atoms with Gasteiger partial charge in [-0.3, -0.25) is 0 Å². The Bertz CT molecular complexity index is 282. The van der Waals surface area contributed by atoms with Crippen LogP contribution in [-0.2, 0) is 0 Å². The molecule has 0 radical (unpaired) electrons. The fraction of sp³-hybridized carbons (Fsp3) is 0.300. The molecule has 62 valence electrons. The molecule has 0 aliphatic rings. The Morgan fingerprint density at radius 3 is 2.33 bits per heavy atom. The van der Waals surface area contributed by atoms with E-state index in [2.05, 4.69) is 18.3 Å². The van der Waals surface area contributed by atoms with E-state index in [0.717, 1.165) is 0 Å². The molecule has 0 aromatic heterocycles. The van der Waals surface area contributed by atoms with Gasteiger partial charge in [0.25, 0.3) is 0 Å². The minimum absolute atomic E-state index is 0.345. The molecule has 2 heteroatoms. The van der Waals surface area contributed by atoms with Crippen LogP contribution >= 0.6 is 0 Å². The molecule has 0 amide bonds. The third kappa shape index (κ3) is 1.84. The van der Waals surface area contributed by atoms with Crippen molar-refractivity contribution in [3.05, 3.63) is 35.4 Å². The average molecular weight is 160 g/mol. The lowest BCUT2D eigenvalue weighted by molar-refractivity contribution is 0.652. The van der Waals surface area contributed by atoms with E-state index < -0.39 is 0 Å². The first-order chi connectivity index (χ1) is 5.77. The van der Waals surface area contributed by atoms with Gasteiger partial charge in [0.15, 0.2) is 0 Å². The van der Waals surface area contributed by atoms with Crippen LogP contribution in [0.4, 0.5) is 0 Å². The molecule has 1 aromatic carbocycles. The van der Waals surface area contributed by atoms with Crippen LogP contribution in [0.2, 0.25) is 0 Å². The maximum absolute atomic E-state index is 8.56. The van der Waals surface area contributed by atoms with Gasteiger partial charge in [-0.2, -0.15) is 5.26 Å². The number of benzene rings is 1. The molecule has 0 saturated heterocycles. The fourth-order valence-electron chi connectivity index (χ4n) is 1.01. The molecule has 1 rings (SSSR count). The minimum Gasteiger partial charge on any atom is -0.313 e. The van der Waals surface area contributed by atoms with E-state index in [9.17, 15) is 0 Å². The van der Waals surface area contributed by atoms with Gasteiger partial charge in [-0.1, -0.05) is 12.1 Å². The molecule has 12 heavy (non-hydrogen) atoms. The molecule has 1 N–H and O–H groups in total. The third-order valence-electron chi connectivity index (χ3n) is 1.97. The van der Waals surface area contributed by atoms with E-state index in [4.69, 9.17) is 5.26 Å². The summed E-state index contributed by atoms with van der Waals surface area (Å²) in [5.74, 6) is 0. The average Bonchev–Trinajstić information content (AvgIpc) is 2.17. The zero-order valence-electron chi connectivity index (χ0n) is 7.33. The first-order valence-electron chi connectivity index (χ1n) is 3.95. The largest absolute Gasteiger partial charge is 0.313 e. The Kier molecular flexibility index (Phi) is 2.84. The van der Waals surface area contributed by atoms with Gasteiger partial charge in [0, 0.05) is 6.04 Å².